The summed E-state index contributed by atoms with van der Waals surface area (Å²) in [6.45, 7) is 7.30. The molecule has 2 rings (SSSR count). The molecule has 6 heteroatoms. The van der Waals surface area contributed by atoms with E-state index in [9.17, 15) is 9.59 Å². The lowest BCUT2D eigenvalue weighted by Crippen LogP contribution is -2.51. The number of methoxy groups -OCH3 is 1. The highest BCUT2D eigenvalue weighted by atomic mass is 32.1. The molecule has 1 aromatic rings. The maximum absolute atomic E-state index is 12.4. The van der Waals surface area contributed by atoms with Gasteiger partial charge >= 0.3 is 12.0 Å². The van der Waals surface area contributed by atoms with Gasteiger partial charge in [0.2, 0.25) is 0 Å². The van der Waals surface area contributed by atoms with Gasteiger partial charge in [-0.2, -0.15) is 0 Å². The fourth-order valence-electron chi connectivity index (χ4n) is 3.08. The molecule has 0 spiro atoms. The first-order valence-corrected chi connectivity index (χ1v) is 8.91. The predicted molar refractivity (Wildman–Crippen MR) is 91.6 cm³/mol. The summed E-state index contributed by atoms with van der Waals surface area (Å²) in [4.78, 5) is 28.5. The van der Waals surface area contributed by atoms with E-state index in [-0.39, 0.29) is 29.9 Å². The summed E-state index contributed by atoms with van der Waals surface area (Å²) in [5.74, 6) is -0.147. The summed E-state index contributed by atoms with van der Waals surface area (Å²) in [6.07, 6.45) is 1.51. The summed E-state index contributed by atoms with van der Waals surface area (Å²) in [5, 5.41) is 3.06. The Bertz CT molecular complexity index is 558. The van der Waals surface area contributed by atoms with Crippen LogP contribution in [0.4, 0.5) is 4.79 Å². The van der Waals surface area contributed by atoms with Crippen LogP contribution >= 0.6 is 11.3 Å². The molecule has 1 N–H and O–H groups in total. The Balaban J connectivity index is 1.83. The van der Waals surface area contributed by atoms with Crippen molar-refractivity contribution in [3.63, 3.8) is 0 Å². The Morgan fingerprint density at radius 2 is 2.22 bits per heavy atom. The maximum Gasteiger partial charge on any atom is 0.317 e. The van der Waals surface area contributed by atoms with Crippen LogP contribution in [0, 0.1) is 18.8 Å². The Labute approximate surface area is 142 Å². The van der Waals surface area contributed by atoms with Gasteiger partial charge in [-0.3, -0.25) is 4.79 Å². The largest absolute Gasteiger partial charge is 0.469 e. The van der Waals surface area contributed by atoms with E-state index in [1.807, 2.05) is 13.8 Å². The molecule has 1 aromatic heterocycles. The second kappa shape index (κ2) is 7.81. The van der Waals surface area contributed by atoms with Gasteiger partial charge in [-0.15, -0.1) is 11.3 Å². The molecule has 0 aromatic carbocycles. The van der Waals surface area contributed by atoms with Gasteiger partial charge in [0, 0.05) is 35.3 Å². The molecule has 2 heterocycles. The number of ether oxygens (including phenoxy) is 1. The molecule has 128 valence electrons. The molecule has 1 aliphatic heterocycles. The van der Waals surface area contributed by atoms with E-state index in [1.54, 1.807) is 16.2 Å². The zero-order valence-electron chi connectivity index (χ0n) is 14.3. The number of piperidine rings is 1. The van der Waals surface area contributed by atoms with Crippen LogP contribution in [0.25, 0.3) is 0 Å². The molecule has 0 unspecified atom stereocenters. The van der Waals surface area contributed by atoms with Gasteiger partial charge in [0.05, 0.1) is 13.0 Å². The highest BCUT2D eigenvalue weighted by Gasteiger charge is 2.33. The average molecular weight is 338 g/mol. The number of esters is 1. The SMILES string of the molecule is COC(=O)[C@@H]1CCN(C(=O)N[C@@H](C)Cc2ccc(C)s2)C[C@H]1C. The molecule has 3 atom stereocenters. The number of carbonyl (C=O) groups excluding carboxylic acids is 2. The number of amides is 2. The first kappa shape index (κ1) is 17.8. The van der Waals surface area contributed by atoms with Crippen LogP contribution in [0.5, 0.6) is 0 Å². The molecule has 0 aliphatic carbocycles. The number of hydrogen-bond donors (Lipinski definition) is 1. The summed E-state index contributed by atoms with van der Waals surface area (Å²) in [6, 6.07) is 4.27. The maximum atomic E-state index is 12.4. The number of aryl methyl sites for hydroxylation is 1. The molecule has 5 nitrogen and oxygen atoms in total. The third-order valence-corrected chi connectivity index (χ3v) is 5.39. The molecule has 0 radical (unpaired) electrons. The molecule has 0 bridgehead atoms. The smallest absolute Gasteiger partial charge is 0.317 e. The summed E-state index contributed by atoms with van der Waals surface area (Å²) in [5.41, 5.74) is 0. The Hall–Kier alpha value is -1.56. The van der Waals surface area contributed by atoms with E-state index < -0.39 is 0 Å². The molecule has 2 amide bonds. The van der Waals surface area contributed by atoms with E-state index in [1.165, 1.54) is 16.9 Å². The number of nitrogens with one attached hydrogen (secondary N) is 1. The van der Waals surface area contributed by atoms with E-state index >= 15 is 0 Å². The molecule has 1 aliphatic rings. The lowest BCUT2D eigenvalue weighted by molar-refractivity contribution is -0.148. The minimum atomic E-state index is -0.168. The summed E-state index contributed by atoms with van der Waals surface area (Å²) >= 11 is 1.77. The minimum Gasteiger partial charge on any atom is -0.469 e. The Morgan fingerprint density at radius 3 is 2.78 bits per heavy atom. The standard InChI is InChI=1S/C17H26N2O3S/c1-11-10-19(8-7-15(11)16(20)22-4)17(21)18-12(2)9-14-6-5-13(3)23-14/h5-6,11-12,15H,7-10H2,1-4H3,(H,18,21)/t11-,12+,15-/m1/s1. The van der Waals surface area contributed by atoms with Crippen molar-refractivity contribution in [1.29, 1.82) is 0 Å². The van der Waals surface area contributed by atoms with Crippen molar-refractivity contribution in [2.24, 2.45) is 11.8 Å². The van der Waals surface area contributed by atoms with Crippen molar-refractivity contribution < 1.29 is 14.3 Å². The van der Waals surface area contributed by atoms with E-state index in [0.717, 1.165) is 6.42 Å². The molecule has 23 heavy (non-hydrogen) atoms. The lowest BCUT2D eigenvalue weighted by atomic mass is 9.87. The van der Waals surface area contributed by atoms with E-state index in [2.05, 4.69) is 24.4 Å². The van der Waals surface area contributed by atoms with Gasteiger partial charge in [-0.1, -0.05) is 6.92 Å². The molecule has 1 saturated heterocycles. The topological polar surface area (TPSA) is 58.6 Å². The van der Waals surface area contributed by atoms with Gasteiger partial charge in [0.15, 0.2) is 0 Å². The molecule has 1 fully saturated rings. The van der Waals surface area contributed by atoms with Crippen molar-refractivity contribution in [3.05, 3.63) is 21.9 Å². The molecular formula is C17H26N2O3S. The minimum absolute atomic E-state index is 0.0408. The third kappa shape index (κ3) is 4.70. The predicted octanol–water partition coefficient (Wildman–Crippen LogP) is 2.83. The summed E-state index contributed by atoms with van der Waals surface area (Å²) in [7, 11) is 1.42. The number of urea groups is 1. The Morgan fingerprint density at radius 1 is 1.48 bits per heavy atom. The monoisotopic (exact) mass is 338 g/mol. The van der Waals surface area contributed by atoms with Gasteiger partial charge in [0.25, 0.3) is 0 Å². The van der Waals surface area contributed by atoms with Crippen LogP contribution in [0.1, 0.15) is 30.0 Å². The van der Waals surface area contributed by atoms with Gasteiger partial charge in [0.1, 0.15) is 0 Å². The number of rotatable bonds is 4. The van der Waals surface area contributed by atoms with Crippen LogP contribution < -0.4 is 5.32 Å². The van der Waals surface area contributed by atoms with Gasteiger partial charge in [-0.05, 0) is 38.3 Å². The van der Waals surface area contributed by atoms with Crippen LogP contribution in [-0.4, -0.2) is 43.1 Å². The quantitative estimate of drug-likeness (QED) is 0.859. The fourth-order valence-corrected chi connectivity index (χ4v) is 4.10. The van der Waals surface area contributed by atoms with Crippen LogP contribution in [0.2, 0.25) is 0 Å². The second-order valence-corrected chi connectivity index (χ2v) is 7.78. The summed E-state index contributed by atoms with van der Waals surface area (Å²) < 4.78 is 4.83. The van der Waals surface area contributed by atoms with Crippen molar-refractivity contribution in [1.82, 2.24) is 10.2 Å². The fraction of sp³-hybridized carbons (Fsp3) is 0.647. The zero-order valence-corrected chi connectivity index (χ0v) is 15.1. The number of thiophene rings is 1. The van der Waals surface area contributed by atoms with Crippen molar-refractivity contribution in [2.75, 3.05) is 20.2 Å². The highest BCUT2D eigenvalue weighted by Crippen LogP contribution is 2.24. The van der Waals surface area contributed by atoms with Crippen molar-refractivity contribution >= 4 is 23.3 Å². The second-order valence-electron chi connectivity index (χ2n) is 6.41. The first-order chi connectivity index (χ1) is 10.9. The first-order valence-electron chi connectivity index (χ1n) is 8.09. The normalized spacial score (nSPS) is 22.5. The number of nitrogens with zero attached hydrogens (tertiary/aromatic N) is 1. The molecular weight excluding hydrogens is 312 g/mol. The number of likely N-dealkylation sites (tertiary alicyclic amines) is 1. The molecule has 0 saturated carbocycles. The average Bonchev–Trinajstić information content (AvgIpc) is 2.91. The zero-order chi connectivity index (χ0) is 17.0. The number of carbonyl (C=O) groups is 2. The van der Waals surface area contributed by atoms with Crippen LogP contribution in [-0.2, 0) is 16.0 Å². The lowest BCUT2D eigenvalue weighted by Gasteiger charge is -2.36. The number of hydrogen-bond acceptors (Lipinski definition) is 4. The van der Waals surface area contributed by atoms with E-state index in [4.69, 9.17) is 4.74 Å². The van der Waals surface area contributed by atoms with Crippen LogP contribution in [0.3, 0.4) is 0 Å². The van der Waals surface area contributed by atoms with Gasteiger partial charge < -0.3 is 15.0 Å². The van der Waals surface area contributed by atoms with Gasteiger partial charge in [-0.25, -0.2) is 4.79 Å². The van der Waals surface area contributed by atoms with Crippen molar-refractivity contribution in [2.45, 2.75) is 39.7 Å². The van der Waals surface area contributed by atoms with Crippen LogP contribution in [0.15, 0.2) is 12.1 Å². The third-order valence-electron chi connectivity index (χ3n) is 4.37. The highest BCUT2D eigenvalue weighted by molar-refractivity contribution is 7.11. The van der Waals surface area contributed by atoms with E-state index in [0.29, 0.717) is 19.5 Å². The van der Waals surface area contributed by atoms with Crippen molar-refractivity contribution in [3.8, 4) is 0 Å². The Kier molecular flexibility index (Phi) is 6.04.